The molecule has 0 radical (unpaired) electrons. The van der Waals surface area contributed by atoms with Gasteiger partial charge in [-0.25, -0.2) is 0 Å². The van der Waals surface area contributed by atoms with Crippen molar-refractivity contribution >= 4 is 0 Å². The van der Waals surface area contributed by atoms with Crippen molar-refractivity contribution in [2.75, 3.05) is 33.3 Å². The van der Waals surface area contributed by atoms with Crippen molar-refractivity contribution in [2.45, 2.75) is 31.8 Å². The van der Waals surface area contributed by atoms with Crippen LogP contribution in [0.3, 0.4) is 0 Å². The molecule has 2 heterocycles. The van der Waals surface area contributed by atoms with Crippen LogP contribution in [0.25, 0.3) is 0 Å². The fraction of sp³-hybridized carbons (Fsp3) is 0.625. The highest BCUT2D eigenvalue weighted by Gasteiger charge is 2.28. The van der Waals surface area contributed by atoms with Crippen molar-refractivity contribution in [1.82, 2.24) is 9.80 Å². The van der Waals surface area contributed by atoms with Crippen molar-refractivity contribution in [3.05, 3.63) is 23.8 Å². The van der Waals surface area contributed by atoms with Gasteiger partial charge in [-0.3, -0.25) is 9.80 Å². The molecule has 2 fully saturated rings. The molecule has 0 spiro atoms. The Morgan fingerprint density at radius 3 is 3.00 bits per heavy atom. The molecule has 110 valence electrons. The van der Waals surface area contributed by atoms with Crippen molar-refractivity contribution in [3.63, 3.8) is 0 Å². The molecule has 20 heavy (non-hydrogen) atoms. The van der Waals surface area contributed by atoms with Crippen molar-refractivity contribution in [3.8, 4) is 11.5 Å². The number of methoxy groups -OCH3 is 1. The molecule has 1 atom stereocenters. The van der Waals surface area contributed by atoms with Gasteiger partial charge < -0.3 is 9.84 Å². The third kappa shape index (κ3) is 2.91. The number of fused-ring (bicyclic) bond motifs is 1. The maximum Gasteiger partial charge on any atom is 0.120 e. The van der Waals surface area contributed by atoms with Gasteiger partial charge in [0.05, 0.1) is 7.11 Å². The van der Waals surface area contributed by atoms with Gasteiger partial charge >= 0.3 is 0 Å². The van der Waals surface area contributed by atoms with Gasteiger partial charge in [0.2, 0.25) is 0 Å². The first kappa shape index (κ1) is 13.7. The van der Waals surface area contributed by atoms with Crippen LogP contribution in [0.5, 0.6) is 11.5 Å². The lowest BCUT2D eigenvalue weighted by Gasteiger charge is -2.44. The molecule has 0 saturated carbocycles. The van der Waals surface area contributed by atoms with E-state index >= 15 is 0 Å². The normalized spacial score (nSPS) is 24.4. The summed E-state index contributed by atoms with van der Waals surface area (Å²) >= 11 is 0. The minimum Gasteiger partial charge on any atom is -0.508 e. The van der Waals surface area contributed by atoms with E-state index in [0.717, 1.165) is 37.5 Å². The minimum absolute atomic E-state index is 0.372. The average Bonchev–Trinajstić information content (AvgIpc) is 2.49. The highest BCUT2D eigenvalue weighted by Crippen LogP contribution is 2.27. The topological polar surface area (TPSA) is 35.9 Å². The highest BCUT2D eigenvalue weighted by molar-refractivity contribution is 5.39. The zero-order valence-corrected chi connectivity index (χ0v) is 12.2. The van der Waals surface area contributed by atoms with Gasteiger partial charge in [-0.05, 0) is 37.6 Å². The largest absolute Gasteiger partial charge is 0.508 e. The van der Waals surface area contributed by atoms with Crippen LogP contribution >= 0.6 is 0 Å². The summed E-state index contributed by atoms with van der Waals surface area (Å²) in [5.41, 5.74) is 0.966. The van der Waals surface area contributed by atoms with Crippen molar-refractivity contribution in [1.29, 1.82) is 0 Å². The lowest BCUT2D eigenvalue weighted by Crippen LogP contribution is -2.54. The number of phenols is 1. The van der Waals surface area contributed by atoms with Gasteiger partial charge in [-0.2, -0.15) is 0 Å². The monoisotopic (exact) mass is 276 g/mol. The van der Waals surface area contributed by atoms with E-state index in [1.165, 1.54) is 25.8 Å². The second-order valence-corrected chi connectivity index (χ2v) is 5.92. The van der Waals surface area contributed by atoms with Gasteiger partial charge in [-0.1, -0.05) is 6.42 Å². The zero-order valence-electron chi connectivity index (χ0n) is 12.2. The number of rotatable bonds is 3. The van der Waals surface area contributed by atoms with Gasteiger partial charge in [0.25, 0.3) is 0 Å². The second-order valence-electron chi connectivity index (χ2n) is 5.92. The molecule has 2 aliphatic rings. The van der Waals surface area contributed by atoms with Crippen molar-refractivity contribution < 1.29 is 9.84 Å². The molecular formula is C16H24N2O2. The molecule has 2 saturated heterocycles. The van der Waals surface area contributed by atoms with Crippen LogP contribution in [0, 0.1) is 0 Å². The van der Waals surface area contributed by atoms with Crippen LogP contribution in [0.1, 0.15) is 24.8 Å². The summed E-state index contributed by atoms with van der Waals surface area (Å²) in [6.07, 6.45) is 4.03. The Morgan fingerprint density at radius 1 is 1.25 bits per heavy atom. The lowest BCUT2D eigenvalue weighted by atomic mass is 9.99. The van der Waals surface area contributed by atoms with E-state index in [-0.39, 0.29) is 0 Å². The number of phenolic OH excluding ortho intramolecular Hbond substituents is 1. The third-order valence-corrected chi connectivity index (χ3v) is 4.60. The number of piperazine rings is 1. The van der Waals surface area contributed by atoms with Gasteiger partial charge in [0.15, 0.2) is 0 Å². The Kier molecular flexibility index (Phi) is 4.13. The smallest absolute Gasteiger partial charge is 0.120 e. The van der Waals surface area contributed by atoms with E-state index in [1.807, 2.05) is 6.07 Å². The lowest BCUT2D eigenvalue weighted by molar-refractivity contribution is 0.0453. The average molecular weight is 276 g/mol. The summed E-state index contributed by atoms with van der Waals surface area (Å²) in [6, 6.07) is 6.19. The number of nitrogens with zero attached hydrogens (tertiary/aromatic N) is 2. The fourth-order valence-electron chi connectivity index (χ4n) is 3.42. The first-order valence-electron chi connectivity index (χ1n) is 7.58. The van der Waals surface area contributed by atoms with E-state index in [0.29, 0.717) is 11.8 Å². The Labute approximate surface area is 120 Å². The number of ether oxygens (including phenoxy) is 1. The molecule has 4 heteroatoms. The number of hydrogen-bond acceptors (Lipinski definition) is 4. The quantitative estimate of drug-likeness (QED) is 0.917. The van der Waals surface area contributed by atoms with E-state index in [9.17, 15) is 5.11 Å². The van der Waals surface area contributed by atoms with Crippen LogP contribution in [-0.2, 0) is 6.54 Å². The number of piperidine rings is 1. The minimum atomic E-state index is 0.372. The molecular weight excluding hydrogens is 252 g/mol. The zero-order chi connectivity index (χ0) is 13.9. The molecule has 3 rings (SSSR count). The van der Waals surface area contributed by atoms with Crippen molar-refractivity contribution in [2.24, 2.45) is 0 Å². The number of hydrogen-bond donors (Lipinski definition) is 1. The number of aromatic hydroxyl groups is 1. The predicted molar refractivity (Wildman–Crippen MR) is 79.1 cm³/mol. The summed E-state index contributed by atoms with van der Waals surface area (Å²) in [5, 5.41) is 10.0. The Bertz CT molecular complexity index is 464. The molecule has 0 aromatic heterocycles. The summed E-state index contributed by atoms with van der Waals surface area (Å²) in [7, 11) is 1.66. The van der Waals surface area contributed by atoms with Crippen LogP contribution < -0.4 is 4.74 Å². The molecule has 1 aromatic carbocycles. The van der Waals surface area contributed by atoms with Crippen LogP contribution in [0.2, 0.25) is 0 Å². The summed E-state index contributed by atoms with van der Waals surface area (Å²) in [6.45, 7) is 5.45. The van der Waals surface area contributed by atoms with E-state index < -0.39 is 0 Å². The van der Waals surface area contributed by atoms with E-state index in [1.54, 1.807) is 19.2 Å². The predicted octanol–water partition coefficient (Wildman–Crippen LogP) is 2.07. The van der Waals surface area contributed by atoms with Crippen LogP contribution in [-0.4, -0.2) is 54.2 Å². The van der Waals surface area contributed by atoms with Crippen LogP contribution in [0.4, 0.5) is 0 Å². The summed E-state index contributed by atoms with van der Waals surface area (Å²) < 4.78 is 5.25. The molecule has 0 bridgehead atoms. The standard InChI is InChI=1S/C16H24N2O2/c1-20-15-5-6-16(19)13(10-15)11-17-8-9-18-7-3-2-4-14(18)12-17/h5-6,10,14,19H,2-4,7-9,11-12H2,1H3. The third-order valence-electron chi connectivity index (χ3n) is 4.60. The van der Waals surface area contributed by atoms with Gasteiger partial charge in [-0.15, -0.1) is 0 Å². The van der Waals surface area contributed by atoms with E-state index in [4.69, 9.17) is 4.74 Å². The first-order valence-corrected chi connectivity index (χ1v) is 7.58. The number of benzene rings is 1. The maximum absolute atomic E-state index is 10.0. The molecule has 0 amide bonds. The van der Waals surface area contributed by atoms with Gasteiger partial charge in [0, 0.05) is 37.8 Å². The molecule has 4 nitrogen and oxygen atoms in total. The maximum atomic E-state index is 10.0. The SMILES string of the molecule is COc1ccc(O)c(CN2CCN3CCCCC3C2)c1. The van der Waals surface area contributed by atoms with Crippen LogP contribution in [0.15, 0.2) is 18.2 Å². The molecule has 2 aliphatic heterocycles. The first-order chi connectivity index (χ1) is 9.76. The highest BCUT2D eigenvalue weighted by atomic mass is 16.5. The van der Waals surface area contributed by atoms with E-state index in [2.05, 4.69) is 9.80 Å². The second kappa shape index (κ2) is 6.02. The Hall–Kier alpha value is -1.26. The van der Waals surface area contributed by atoms with Gasteiger partial charge in [0.1, 0.15) is 11.5 Å². The summed E-state index contributed by atoms with van der Waals surface area (Å²) in [5.74, 6) is 1.19. The molecule has 1 N–H and O–H groups in total. The molecule has 0 aliphatic carbocycles. The fourth-order valence-corrected chi connectivity index (χ4v) is 3.42. The Balaban J connectivity index is 1.66. The Morgan fingerprint density at radius 2 is 2.15 bits per heavy atom. The summed E-state index contributed by atoms with van der Waals surface area (Å²) in [4.78, 5) is 5.09. The molecule has 1 unspecified atom stereocenters. The molecule has 1 aromatic rings.